The molecule has 0 unspecified atom stereocenters. The van der Waals surface area contributed by atoms with Gasteiger partial charge < -0.3 is 15.0 Å². The van der Waals surface area contributed by atoms with E-state index >= 15 is 0 Å². The standard InChI is InChI=1S/C17H22N2O3/c1-5-13-11(3)15(19-17(13)21)8-14-10(2)12(9-18-14)6-7-16(20)22-4/h8-9,18H,5-7H2,1-4H3,(H,19,21)/b15-8-. The Balaban J connectivity index is 2.20. The zero-order chi connectivity index (χ0) is 16.3. The van der Waals surface area contributed by atoms with Crippen molar-refractivity contribution < 1.29 is 14.3 Å². The van der Waals surface area contributed by atoms with Gasteiger partial charge in [0, 0.05) is 29.6 Å². The molecule has 1 amide bonds. The quantitative estimate of drug-likeness (QED) is 0.821. The molecule has 0 bridgehead atoms. The van der Waals surface area contributed by atoms with Crippen LogP contribution in [0.1, 0.15) is 43.5 Å². The molecule has 2 rings (SSSR count). The SMILES string of the molecule is CCC1=C(C)/C(=C/c2[nH]cc(CCC(=O)OC)c2C)NC1=O. The number of carbonyl (C=O) groups is 2. The molecular weight excluding hydrogens is 280 g/mol. The molecule has 0 saturated carbocycles. The number of hydrogen-bond acceptors (Lipinski definition) is 3. The highest BCUT2D eigenvalue weighted by Gasteiger charge is 2.22. The number of hydrogen-bond donors (Lipinski definition) is 2. The average molecular weight is 302 g/mol. The number of methoxy groups -OCH3 is 1. The Kier molecular flexibility index (Phi) is 4.85. The number of carbonyl (C=O) groups excluding carboxylic acids is 2. The second kappa shape index (κ2) is 6.64. The van der Waals surface area contributed by atoms with E-state index in [0.717, 1.165) is 40.1 Å². The van der Waals surface area contributed by atoms with Gasteiger partial charge in [-0.15, -0.1) is 0 Å². The lowest BCUT2D eigenvalue weighted by atomic mass is 10.1. The number of aryl methyl sites for hydroxylation is 1. The van der Waals surface area contributed by atoms with Crippen LogP contribution in [-0.2, 0) is 20.7 Å². The Bertz CT molecular complexity index is 665. The fourth-order valence-corrected chi connectivity index (χ4v) is 2.64. The largest absolute Gasteiger partial charge is 0.469 e. The van der Waals surface area contributed by atoms with Crippen LogP contribution in [0.15, 0.2) is 23.0 Å². The second-order valence-corrected chi connectivity index (χ2v) is 5.40. The minimum atomic E-state index is -0.213. The van der Waals surface area contributed by atoms with Gasteiger partial charge in [-0.3, -0.25) is 9.59 Å². The van der Waals surface area contributed by atoms with Crippen LogP contribution in [0.25, 0.3) is 6.08 Å². The Morgan fingerprint density at radius 2 is 2.09 bits per heavy atom. The number of nitrogens with one attached hydrogen (secondary N) is 2. The van der Waals surface area contributed by atoms with Crippen molar-refractivity contribution in [3.63, 3.8) is 0 Å². The van der Waals surface area contributed by atoms with Crippen molar-refractivity contribution >= 4 is 18.0 Å². The van der Waals surface area contributed by atoms with Gasteiger partial charge in [0.1, 0.15) is 0 Å². The van der Waals surface area contributed by atoms with Gasteiger partial charge in [-0.2, -0.15) is 0 Å². The molecule has 0 atom stereocenters. The maximum Gasteiger partial charge on any atom is 0.305 e. The number of amides is 1. The molecule has 2 heterocycles. The smallest absolute Gasteiger partial charge is 0.305 e. The van der Waals surface area contributed by atoms with Crippen molar-refractivity contribution in [2.24, 2.45) is 0 Å². The maximum absolute atomic E-state index is 11.8. The monoisotopic (exact) mass is 302 g/mol. The van der Waals surface area contributed by atoms with E-state index in [1.165, 1.54) is 7.11 Å². The predicted molar refractivity (Wildman–Crippen MR) is 85.0 cm³/mol. The van der Waals surface area contributed by atoms with Crippen molar-refractivity contribution in [2.75, 3.05) is 7.11 Å². The lowest BCUT2D eigenvalue weighted by molar-refractivity contribution is -0.140. The summed E-state index contributed by atoms with van der Waals surface area (Å²) in [7, 11) is 1.39. The molecule has 0 saturated heterocycles. The van der Waals surface area contributed by atoms with E-state index in [2.05, 4.69) is 15.0 Å². The number of esters is 1. The molecule has 0 fully saturated rings. The summed E-state index contributed by atoms with van der Waals surface area (Å²) in [6, 6.07) is 0. The Labute approximate surface area is 130 Å². The third-order valence-electron chi connectivity index (χ3n) is 4.13. The van der Waals surface area contributed by atoms with Crippen LogP contribution in [0.3, 0.4) is 0 Å². The fraction of sp³-hybridized carbons (Fsp3) is 0.412. The van der Waals surface area contributed by atoms with E-state index in [1.807, 2.05) is 33.0 Å². The molecule has 2 N–H and O–H groups in total. The molecule has 5 nitrogen and oxygen atoms in total. The summed E-state index contributed by atoms with van der Waals surface area (Å²) in [4.78, 5) is 26.3. The van der Waals surface area contributed by atoms with E-state index < -0.39 is 0 Å². The molecule has 1 aromatic heterocycles. The third-order valence-corrected chi connectivity index (χ3v) is 4.13. The number of aromatic amines is 1. The van der Waals surface area contributed by atoms with Crippen LogP contribution >= 0.6 is 0 Å². The van der Waals surface area contributed by atoms with Crippen molar-refractivity contribution in [3.05, 3.63) is 39.9 Å². The van der Waals surface area contributed by atoms with Gasteiger partial charge in [0.05, 0.1) is 7.11 Å². The maximum atomic E-state index is 11.8. The van der Waals surface area contributed by atoms with Crippen molar-refractivity contribution in [1.29, 1.82) is 0 Å². The van der Waals surface area contributed by atoms with Gasteiger partial charge in [-0.1, -0.05) is 6.92 Å². The minimum absolute atomic E-state index is 0.0126. The summed E-state index contributed by atoms with van der Waals surface area (Å²) >= 11 is 0. The van der Waals surface area contributed by atoms with E-state index in [9.17, 15) is 9.59 Å². The summed E-state index contributed by atoms with van der Waals surface area (Å²) in [6.45, 7) is 5.94. The summed E-state index contributed by atoms with van der Waals surface area (Å²) in [6.07, 6.45) is 5.58. The van der Waals surface area contributed by atoms with Crippen molar-refractivity contribution in [1.82, 2.24) is 10.3 Å². The van der Waals surface area contributed by atoms with Crippen LogP contribution in [0.4, 0.5) is 0 Å². The van der Waals surface area contributed by atoms with E-state index in [1.54, 1.807) is 0 Å². The molecule has 22 heavy (non-hydrogen) atoms. The predicted octanol–water partition coefficient (Wildman–Crippen LogP) is 2.63. The topological polar surface area (TPSA) is 71.2 Å². The van der Waals surface area contributed by atoms with E-state index in [4.69, 9.17) is 0 Å². The van der Waals surface area contributed by atoms with Gasteiger partial charge in [0.15, 0.2) is 0 Å². The molecule has 1 aliphatic rings. The zero-order valence-corrected chi connectivity index (χ0v) is 13.5. The number of aromatic nitrogens is 1. The first-order chi connectivity index (χ1) is 10.5. The Morgan fingerprint density at radius 1 is 1.36 bits per heavy atom. The van der Waals surface area contributed by atoms with Gasteiger partial charge in [0.25, 0.3) is 5.91 Å². The number of H-pyrrole nitrogens is 1. The molecule has 118 valence electrons. The Morgan fingerprint density at radius 3 is 2.68 bits per heavy atom. The van der Waals surface area contributed by atoms with Crippen LogP contribution in [0.5, 0.6) is 0 Å². The summed E-state index contributed by atoms with van der Waals surface area (Å²) in [5.74, 6) is -0.226. The lowest BCUT2D eigenvalue weighted by Gasteiger charge is -2.02. The summed E-state index contributed by atoms with van der Waals surface area (Å²) in [5, 5.41) is 2.90. The second-order valence-electron chi connectivity index (χ2n) is 5.40. The summed E-state index contributed by atoms with van der Waals surface area (Å²) in [5.41, 5.74) is 5.79. The van der Waals surface area contributed by atoms with Crippen LogP contribution in [-0.4, -0.2) is 24.0 Å². The first kappa shape index (κ1) is 16.1. The molecule has 0 radical (unpaired) electrons. The number of ether oxygens (including phenoxy) is 1. The number of rotatable bonds is 5. The van der Waals surface area contributed by atoms with Gasteiger partial charge in [-0.05, 0) is 49.5 Å². The zero-order valence-electron chi connectivity index (χ0n) is 13.5. The third kappa shape index (κ3) is 3.13. The van der Waals surface area contributed by atoms with Crippen LogP contribution < -0.4 is 5.32 Å². The molecule has 0 aliphatic carbocycles. The van der Waals surface area contributed by atoms with Crippen LogP contribution in [0, 0.1) is 6.92 Å². The minimum Gasteiger partial charge on any atom is -0.469 e. The molecule has 5 heteroatoms. The Hall–Kier alpha value is -2.30. The molecule has 0 spiro atoms. The number of allylic oxidation sites excluding steroid dienone is 1. The van der Waals surface area contributed by atoms with Gasteiger partial charge >= 0.3 is 5.97 Å². The molecule has 0 aromatic carbocycles. The van der Waals surface area contributed by atoms with Crippen molar-refractivity contribution in [2.45, 2.75) is 40.0 Å². The molecular formula is C17H22N2O3. The van der Waals surface area contributed by atoms with E-state index in [0.29, 0.717) is 12.8 Å². The normalized spacial score (nSPS) is 16.4. The highest BCUT2D eigenvalue weighted by atomic mass is 16.5. The fourth-order valence-electron chi connectivity index (χ4n) is 2.64. The van der Waals surface area contributed by atoms with Gasteiger partial charge in [0.2, 0.25) is 0 Å². The first-order valence-corrected chi connectivity index (χ1v) is 7.44. The van der Waals surface area contributed by atoms with Crippen LogP contribution in [0.2, 0.25) is 0 Å². The van der Waals surface area contributed by atoms with E-state index in [-0.39, 0.29) is 11.9 Å². The summed E-state index contributed by atoms with van der Waals surface area (Å²) < 4.78 is 4.66. The lowest BCUT2D eigenvalue weighted by Crippen LogP contribution is -2.16. The van der Waals surface area contributed by atoms with Gasteiger partial charge in [-0.25, -0.2) is 0 Å². The highest BCUT2D eigenvalue weighted by Crippen LogP contribution is 2.25. The molecule has 1 aliphatic heterocycles. The highest BCUT2D eigenvalue weighted by molar-refractivity contribution is 6.01. The first-order valence-electron chi connectivity index (χ1n) is 7.44. The van der Waals surface area contributed by atoms with Crippen molar-refractivity contribution in [3.8, 4) is 0 Å². The average Bonchev–Trinajstić information content (AvgIpc) is 2.98. The molecule has 1 aromatic rings.